The third-order valence-corrected chi connectivity index (χ3v) is 7.30. The summed E-state index contributed by atoms with van der Waals surface area (Å²) in [4.78, 5) is 19.8. The van der Waals surface area contributed by atoms with E-state index in [0.29, 0.717) is 5.02 Å². The van der Waals surface area contributed by atoms with Crippen LogP contribution >= 0.6 is 27.5 Å². The zero-order chi connectivity index (χ0) is 23.7. The predicted molar refractivity (Wildman–Crippen MR) is 139 cm³/mol. The summed E-state index contributed by atoms with van der Waals surface area (Å²) >= 11 is 10.0. The number of piperidine rings is 1. The molecule has 1 atom stereocenters. The summed E-state index contributed by atoms with van der Waals surface area (Å²) in [6.07, 6.45) is 3.47. The third kappa shape index (κ3) is 4.55. The first kappa shape index (κ1) is 22.9. The third-order valence-electron chi connectivity index (χ3n) is 6.41. The highest BCUT2D eigenvalue weighted by Crippen LogP contribution is 2.31. The van der Waals surface area contributed by atoms with Crippen LogP contribution in [0.4, 0.5) is 5.82 Å². The number of halogens is 2. The molecule has 3 heterocycles. The molecule has 1 fully saturated rings. The van der Waals surface area contributed by atoms with Crippen molar-refractivity contribution >= 4 is 44.9 Å². The van der Waals surface area contributed by atoms with Crippen LogP contribution in [0.3, 0.4) is 0 Å². The molecule has 1 N–H and O–H groups in total. The van der Waals surface area contributed by atoms with Crippen LogP contribution < -0.4 is 5.32 Å². The number of carbonyl (C=O) groups is 1. The first-order valence-electron chi connectivity index (χ1n) is 11.4. The van der Waals surface area contributed by atoms with Gasteiger partial charge in [0.1, 0.15) is 5.82 Å². The molecule has 2 aromatic heterocycles. The molecule has 0 aliphatic carbocycles. The largest absolute Gasteiger partial charge is 0.367 e. The number of nitrogens with one attached hydrogen (secondary N) is 1. The average Bonchev–Trinajstić information content (AvgIpc) is 3.25. The van der Waals surface area contributed by atoms with E-state index in [4.69, 9.17) is 16.6 Å². The topological polar surface area (TPSA) is 62.5 Å². The summed E-state index contributed by atoms with van der Waals surface area (Å²) in [6.45, 7) is 3.44. The van der Waals surface area contributed by atoms with Gasteiger partial charge in [-0.3, -0.25) is 4.79 Å². The first-order chi connectivity index (χ1) is 16.5. The van der Waals surface area contributed by atoms with Gasteiger partial charge in [-0.1, -0.05) is 60.1 Å². The van der Waals surface area contributed by atoms with Crippen molar-refractivity contribution in [1.29, 1.82) is 0 Å². The minimum absolute atomic E-state index is 0.134. The monoisotopic (exact) mass is 537 g/mol. The molecule has 0 radical (unpaired) electrons. The van der Waals surface area contributed by atoms with Crippen molar-refractivity contribution in [3.05, 3.63) is 81.9 Å². The van der Waals surface area contributed by atoms with Crippen LogP contribution in [0.2, 0.25) is 5.02 Å². The fourth-order valence-corrected chi connectivity index (χ4v) is 5.04. The van der Waals surface area contributed by atoms with Gasteiger partial charge in [0.05, 0.1) is 22.3 Å². The number of aromatic nitrogens is 3. The summed E-state index contributed by atoms with van der Waals surface area (Å²) in [5.41, 5.74) is 3.44. The van der Waals surface area contributed by atoms with Crippen LogP contribution in [0.1, 0.15) is 31.2 Å². The Morgan fingerprint density at radius 1 is 1.12 bits per heavy atom. The van der Waals surface area contributed by atoms with Crippen LogP contribution in [-0.4, -0.2) is 44.5 Å². The van der Waals surface area contributed by atoms with Gasteiger partial charge < -0.3 is 10.2 Å². The number of rotatable bonds is 5. The number of likely N-dealkylation sites (tertiary alicyclic amines) is 1. The highest BCUT2D eigenvalue weighted by molar-refractivity contribution is 9.10. The van der Waals surface area contributed by atoms with Gasteiger partial charge in [-0.05, 0) is 47.3 Å². The van der Waals surface area contributed by atoms with Gasteiger partial charge in [0, 0.05) is 35.8 Å². The lowest BCUT2D eigenvalue weighted by Crippen LogP contribution is -2.44. The second-order valence-electron chi connectivity index (χ2n) is 8.61. The Bertz CT molecular complexity index is 1320. The molecule has 1 aliphatic rings. The number of benzene rings is 2. The molecule has 5 rings (SSSR count). The van der Waals surface area contributed by atoms with Crippen molar-refractivity contribution in [2.75, 3.05) is 18.4 Å². The van der Waals surface area contributed by atoms with Crippen LogP contribution in [0.25, 0.3) is 16.9 Å². The number of hydrogen-bond donors (Lipinski definition) is 1. The Morgan fingerprint density at radius 2 is 1.82 bits per heavy atom. The minimum atomic E-state index is -0.134. The van der Waals surface area contributed by atoms with E-state index in [0.717, 1.165) is 58.7 Å². The normalized spacial score (nSPS) is 15.4. The Labute approximate surface area is 212 Å². The fourth-order valence-electron chi connectivity index (χ4n) is 4.46. The second kappa shape index (κ2) is 9.76. The Hall–Kier alpha value is -2.90. The van der Waals surface area contributed by atoms with Crippen molar-refractivity contribution in [3.63, 3.8) is 0 Å². The molecule has 1 unspecified atom stereocenters. The lowest BCUT2D eigenvalue weighted by Gasteiger charge is -2.34. The molecule has 1 saturated heterocycles. The molecular weight excluding hydrogens is 514 g/mol. The van der Waals surface area contributed by atoms with E-state index in [-0.39, 0.29) is 17.9 Å². The van der Waals surface area contributed by atoms with Crippen LogP contribution in [0, 0.1) is 0 Å². The van der Waals surface area contributed by atoms with Crippen LogP contribution in [0.15, 0.2) is 71.3 Å². The molecule has 34 heavy (non-hydrogen) atoms. The highest BCUT2D eigenvalue weighted by atomic mass is 79.9. The lowest BCUT2D eigenvalue weighted by atomic mass is 9.97. The van der Waals surface area contributed by atoms with E-state index < -0.39 is 0 Å². The van der Waals surface area contributed by atoms with Crippen molar-refractivity contribution in [2.45, 2.75) is 31.7 Å². The standard InChI is InChI=1S/C26H25BrClN5O/c1-17(18-7-3-2-4-8-18)26(34)32-13-11-19(12-14-32)30-24-15-23(20-9-5-6-10-22(20)28)31-25-21(27)16-29-33(24)25/h2-10,15-17,19,30H,11-14H2,1H3. The second-order valence-corrected chi connectivity index (χ2v) is 9.87. The van der Waals surface area contributed by atoms with E-state index >= 15 is 0 Å². The molecule has 174 valence electrons. The molecular formula is C26H25BrClN5O. The minimum Gasteiger partial charge on any atom is -0.367 e. The van der Waals surface area contributed by atoms with E-state index in [9.17, 15) is 4.79 Å². The quantitative estimate of drug-likeness (QED) is 0.338. The molecule has 1 aliphatic heterocycles. The van der Waals surface area contributed by atoms with E-state index in [1.54, 1.807) is 10.7 Å². The molecule has 8 heteroatoms. The number of carbonyl (C=O) groups excluding carboxylic acids is 1. The van der Waals surface area contributed by atoms with Crippen molar-refractivity contribution in [1.82, 2.24) is 19.5 Å². The molecule has 6 nitrogen and oxygen atoms in total. The maximum Gasteiger partial charge on any atom is 0.229 e. The average molecular weight is 539 g/mol. The lowest BCUT2D eigenvalue weighted by molar-refractivity contribution is -0.133. The van der Waals surface area contributed by atoms with Gasteiger partial charge in [0.2, 0.25) is 5.91 Å². The molecule has 0 bridgehead atoms. The summed E-state index contributed by atoms with van der Waals surface area (Å²) in [5.74, 6) is 0.908. The molecule has 0 saturated carbocycles. The zero-order valence-electron chi connectivity index (χ0n) is 18.8. The number of amides is 1. The Morgan fingerprint density at radius 3 is 2.56 bits per heavy atom. The van der Waals surface area contributed by atoms with Gasteiger partial charge in [0.25, 0.3) is 0 Å². The smallest absolute Gasteiger partial charge is 0.229 e. The van der Waals surface area contributed by atoms with Crippen molar-refractivity contribution in [3.8, 4) is 11.3 Å². The fraction of sp³-hybridized carbons (Fsp3) is 0.269. The number of anilines is 1. The first-order valence-corrected chi connectivity index (χ1v) is 12.6. The molecule has 1 amide bonds. The number of fused-ring (bicyclic) bond motifs is 1. The van der Waals surface area contributed by atoms with Gasteiger partial charge >= 0.3 is 0 Å². The molecule has 0 spiro atoms. The Kier molecular flexibility index (Phi) is 6.57. The van der Waals surface area contributed by atoms with E-state index in [1.165, 1.54) is 0 Å². The van der Waals surface area contributed by atoms with E-state index in [1.807, 2.05) is 72.5 Å². The SMILES string of the molecule is CC(C(=O)N1CCC(Nc2cc(-c3ccccc3Cl)nc3c(Br)cnn23)CC1)c1ccccc1. The van der Waals surface area contributed by atoms with E-state index in [2.05, 4.69) is 26.3 Å². The molecule has 4 aromatic rings. The number of hydrogen-bond acceptors (Lipinski definition) is 4. The molecule has 2 aromatic carbocycles. The van der Waals surface area contributed by atoms with Crippen molar-refractivity contribution < 1.29 is 4.79 Å². The maximum atomic E-state index is 13.0. The van der Waals surface area contributed by atoms with Crippen molar-refractivity contribution in [2.24, 2.45) is 0 Å². The van der Waals surface area contributed by atoms with Crippen LogP contribution in [0.5, 0.6) is 0 Å². The Balaban J connectivity index is 1.33. The van der Waals surface area contributed by atoms with Gasteiger partial charge in [-0.15, -0.1) is 0 Å². The summed E-state index contributed by atoms with van der Waals surface area (Å²) in [6, 6.07) is 19.9. The summed E-state index contributed by atoms with van der Waals surface area (Å²) in [5, 5.41) is 8.79. The van der Waals surface area contributed by atoms with Gasteiger partial charge in [-0.25, -0.2) is 4.98 Å². The maximum absolute atomic E-state index is 13.0. The predicted octanol–water partition coefficient (Wildman–Crippen LogP) is 6.02. The zero-order valence-corrected chi connectivity index (χ0v) is 21.1. The number of nitrogens with zero attached hydrogens (tertiary/aromatic N) is 4. The summed E-state index contributed by atoms with van der Waals surface area (Å²) < 4.78 is 2.62. The highest BCUT2D eigenvalue weighted by Gasteiger charge is 2.27. The van der Waals surface area contributed by atoms with Gasteiger partial charge in [-0.2, -0.15) is 9.61 Å². The van der Waals surface area contributed by atoms with Crippen LogP contribution in [-0.2, 0) is 4.79 Å². The van der Waals surface area contributed by atoms with Gasteiger partial charge in [0.15, 0.2) is 5.65 Å². The summed E-state index contributed by atoms with van der Waals surface area (Å²) in [7, 11) is 0.